The number of amides is 1. The largest absolute Gasteiger partial charge is 0.345 e. The third kappa shape index (κ3) is 4.43. The van der Waals surface area contributed by atoms with Crippen molar-refractivity contribution in [3.63, 3.8) is 0 Å². The summed E-state index contributed by atoms with van der Waals surface area (Å²) in [5.41, 5.74) is 1.78. The van der Waals surface area contributed by atoms with Crippen LogP contribution in [-0.4, -0.2) is 44.7 Å². The van der Waals surface area contributed by atoms with Gasteiger partial charge < -0.3 is 9.88 Å². The molecule has 1 saturated heterocycles. The van der Waals surface area contributed by atoms with Crippen LogP contribution in [0.5, 0.6) is 0 Å². The van der Waals surface area contributed by atoms with Crippen molar-refractivity contribution in [2.75, 3.05) is 18.4 Å². The Morgan fingerprint density at radius 1 is 1.00 bits per heavy atom. The Balaban J connectivity index is 1.91. The van der Waals surface area contributed by atoms with Gasteiger partial charge in [-0.25, -0.2) is 22.0 Å². The van der Waals surface area contributed by atoms with Crippen LogP contribution in [0.15, 0.2) is 34.2 Å². The van der Waals surface area contributed by atoms with Gasteiger partial charge in [-0.15, -0.1) is 0 Å². The van der Waals surface area contributed by atoms with E-state index in [0.29, 0.717) is 29.9 Å². The minimum Gasteiger partial charge on any atom is -0.345 e. The quantitative estimate of drug-likeness (QED) is 0.710. The Bertz CT molecular complexity index is 1190. The molecule has 0 aliphatic carbocycles. The SMILES string of the molecule is Cc1cc(S(N)(=O)=O)cc(NC(=O)c2cc(S(=O)(=O)N3CCCCC3)cn2C)c1C. The number of hydrogen-bond acceptors (Lipinski definition) is 5. The zero-order chi connectivity index (χ0) is 22.3. The molecule has 1 aromatic heterocycles. The summed E-state index contributed by atoms with van der Waals surface area (Å²) in [6.45, 7) is 4.40. The molecule has 1 aliphatic rings. The van der Waals surface area contributed by atoms with Crippen molar-refractivity contribution < 1.29 is 21.6 Å². The van der Waals surface area contributed by atoms with Crippen LogP contribution in [-0.2, 0) is 27.1 Å². The standard InChI is InChI=1S/C19H26N4O5S2/c1-13-9-15(29(20,25)26)10-17(14(13)2)21-19(24)18-11-16(12-22(18)3)30(27,28)23-7-5-4-6-8-23/h9-12H,4-8H2,1-3H3,(H,21,24)(H2,20,25,26). The van der Waals surface area contributed by atoms with Gasteiger partial charge in [-0.1, -0.05) is 6.42 Å². The second-order valence-electron chi connectivity index (χ2n) is 7.55. The number of aromatic nitrogens is 1. The molecular formula is C19H26N4O5S2. The van der Waals surface area contributed by atoms with Crippen LogP contribution in [0.4, 0.5) is 5.69 Å². The van der Waals surface area contributed by atoms with Crippen LogP contribution in [0.25, 0.3) is 0 Å². The zero-order valence-electron chi connectivity index (χ0n) is 17.2. The van der Waals surface area contributed by atoms with Gasteiger partial charge in [0.2, 0.25) is 20.0 Å². The van der Waals surface area contributed by atoms with Gasteiger partial charge in [-0.05, 0) is 56.0 Å². The number of carbonyl (C=O) groups is 1. The smallest absolute Gasteiger partial charge is 0.272 e. The van der Waals surface area contributed by atoms with Crippen molar-refractivity contribution in [1.29, 1.82) is 0 Å². The Kier molecular flexibility index (Phi) is 6.10. The predicted octanol–water partition coefficient (Wildman–Crippen LogP) is 1.72. The normalized spacial score (nSPS) is 15.9. The van der Waals surface area contributed by atoms with E-state index in [9.17, 15) is 21.6 Å². The minimum absolute atomic E-state index is 0.0586. The molecule has 2 heterocycles. The number of benzene rings is 1. The van der Waals surface area contributed by atoms with Crippen LogP contribution in [0.3, 0.4) is 0 Å². The summed E-state index contributed by atoms with van der Waals surface area (Å²) in [4.78, 5) is 12.8. The Morgan fingerprint density at radius 3 is 2.23 bits per heavy atom. The fourth-order valence-electron chi connectivity index (χ4n) is 3.46. The maximum absolute atomic E-state index is 12.9. The number of nitrogens with zero attached hydrogens (tertiary/aromatic N) is 2. The second-order valence-corrected chi connectivity index (χ2v) is 11.0. The zero-order valence-corrected chi connectivity index (χ0v) is 18.8. The van der Waals surface area contributed by atoms with Crippen molar-refractivity contribution in [2.45, 2.75) is 42.9 Å². The Labute approximate surface area is 177 Å². The van der Waals surface area contributed by atoms with E-state index in [4.69, 9.17) is 5.14 Å². The van der Waals surface area contributed by atoms with Crippen molar-refractivity contribution in [2.24, 2.45) is 12.2 Å². The predicted molar refractivity (Wildman–Crippen MR) is 113 cm³/mol. The number of anilines is 1. The molecule has 0 bridgehead atoms. The van der Waals surface area contributed by atoms with Crippen molar-refractivity contribution >= 4 is 31.6 Å². The molecule has 1 fully saturated rings. The van der Waals surface area contributed by atoms with Crippen LogP contribution < -0.4 is 10.5 Å². The third-order valence-electron chi connectivity index (χ3n) is 5.38. The molecule has 9 nitrogen and oxygen atoms in total. The van der Waals surface area contributed by atoms with Crippen molar-refractivity contribution in [1.82, 2.24) is 8.87 Å². The molecule has 164 valence electrons. The van der Waals surface area contributed by atoms with Gasteiger partial charge >= 0.3 is 0 Å². The number of nitrogens with one attached hydrogen (secondary N) is 1. The van der Waals surface area contributed by atoms with Gasteiger partial charge in [-0.2, -0.15) is 4.31 Å². The van der Waals surface area contributed by atoms with E-state index in [1.807, 2.05) is 0 Å². The molecule has 3 rings (SSSR count). The molecule has 1 aliphatic heterocycles. The van der Waals surface area contributed by atoms with E-state index in [1.54, 1.807) is 20.9 Å². The van der Waals surface area contributed by atoms with Crippen LogP contribution in [0.2, 0.25) is 0 Å². The molecule has 0 spiro atoms. The first kappa shape index (κ1) is 22.5. The van der Waals surface area contributed by atoms with E-state index in [0.717, 1.165) is 19.3 Å². The van der Waals surface area contributed by atoms with E-state index in [2.05, 4.69) is 5.32 Å². The first-order valence-corrected chi connectivity index (χ1v) is 12.5. The number of primary sulfonamides is 1. The maximum Gasteiger partial charge on any atom is 0.272 e. The van der Waals surface area contributed by atoms with E-state index in [-0.39, 0.29) is 15.5 Å². The third-order valence-corrected chi connectivity index (χ3v) is 8.14. The first-order valence-electron chi connectivity index (χ1n) is 9.53. The summed E-state index contributed by atoms with van der Waals surface area (Å²) in [6, 6.07) is 4.07. The number of carbonyl (C=O) groups excluding carboxylic acids is 1. The van der Waals surface area contributed by atoms with Gasteiger partial charge in [0.25, 0.3) is 5.91 Å². The lowest BCUT2D eigenvalue weighted by atomic mass is 10.1. The van der Waals surface area contributed by atoms with Gasteiger partial charge in [0.15, 0.2) is 0 Å². The second kappa shape index (κ2) is 8.14. The van der Waals surface area contributed by atoms with Gasteiger partial charge in [0.05, 0.1) is 4.90 Å². The molecule has 3 N–H and O–H groups in total. The first-order chi connectivity index (χ1) is 13.9. The fourth-order valence-corrected chi connectivity index (χ4v) is 5.67. The molecule has 0 saturated carbocycles. The highest BCUT2D eigenvalue weighted by Gasteiger charge is 2.28. The Hall–Kier alpha value is -2.21. The molecule has 1 amide bonds. The summed E-state index contributed by atoms with van der Waals surface area (Å²) in [6.07, 6.45) is 4.05. The number of rotatable bonds is 5. The molecular weight excluding hydrogens is 428 g/mol. The number of aryl methyl sites for hydroxylation is 2. The van der Waals surface area contributed by atoms with E-state index >= 15 is 0 Å². The highest BCUT2D eigenvalue weighted by Crippen LogP contribution is 2.26. The van der Waals surface area contributed by atoms with Crippen LogP contribution >= 0.6 is 0 Å². The molecule has 2 aromatic rings. The molecule has 0 unspecified atom stereocenters. The van der Waals surface area contributed by atoms with Gasteiger partial charge in [0.1, 0.15) is 10.6 Å². The monoisotopic (exact) mass is 454 g/mol. The highest BCUT2D eigenvalue weighted by atomic mass is 32.2. The lowest BCUT2D eigenvalue weighted by Crippen LogP contribution is -2.35. The fraction of sp³-hybridized carbons (Fsp3) is 0.421. The van der Waals surface area contributed by atoms with Gasteiger partial charge in [0, 0.05) is 32.0 Å². The Morgan fingerprint density at radius 2 is 1.63 bits per heavy atom. The summed E-state index contributed by atoms with van der Waals surface area (Å²) >= 11 is 0. The summed E-state index contributed by atoms with van der Waals surface area (Å²) in [7, 11) is -6.03. The van der Waals surface area contributed by atoms with Crippen molar-refractivity contribution in [3.05, 3.63) is 41.2 Å². The van der Waals surface area contributed by atoms with Gasteiger partial charge in [-0.3, -0.25) is 4.79 Å². The lowest BCUT2D eigenvalue weighted by Gasteiger charge is -2.25. The topological polar surface area (TPSA) is 132 Å². The summed E-state index contributed by atoms with van der Waals surface area (Å²) < 4.78 is 52.1. The van der Waals surface area contributed by atoms with Crippen LogP contribution in [0.1, 0.15) is 40.9 Å². The van der Waals surface area contributed by atoms with Crippen LogP contribution in [0, 0.1) is 13.8 Å². The lowest BCUT2D eigenvalue weighted by molar-refractivity contribution is 0.101. The number of hydrogen-bond donors (Lipinski definition) is 2. The molecule has 0 radical (unpaired) electrons. The minimum atomic E-state index is -3.94. The molecule has 0 atom stereocenters. The summed E-state index contributed by atoms with van der Waals surface area (Å²) in [5, 5.41) is 7.89. The molecule has 30 heavy (non-hydrogen) atoms. The van der Waals surface area contributed by atoms with Crippen molar-refractivity contribution in [3.8, 4) is 0 Å². The average Bonchev–Trinajstić information content (AvgIpc) is 3.07. The van der Waals surface area contributed by atoms with E-state index in [1.165, 1.54) is 33.3 Å². The molecule has 1 aromatic carbocycles. The number of piperidine rings is 1. The molecule has 11 heteroatoms. The maximum atomic E-state index is 12.9. The highest BCUT2D eigenvalue weighted by molar-refractivity contribution is 7.89. The number of nitrogens with two attached hydrogens (primary N) is 1. The average molecular weight is 455 g/mol. The van der Waals surface area contributed by atoms with E-state index < -0.39 is 26.0 Å². The summed E-state index contributed by atoms with van der Waals surface area (Å²) in [5.74, 6) is -0.549. The number of sulfonamides is 2.